The fourth-order valence-electron chi connectivity index (χ4n) is 0.842. The molecule has 86 valence electrons. The molecule has 1 unspecified atom stereocenters. The second-order valence-electron chi connectivity index (χ2n) is 2.90. The highest BCUT2D eigenvalue weighted by Gasteiger charge is 2.12. The molecule has 0 bridgehead atoms. The quantitative estimate of drug-likeness (QED) is 0.750. The molecule has 0 saturated carbocycles. The van der Waals surface area contributed by atoms with Crippen LogP contribution in [0.5, 0.6) is 0 Å². The van der Waals surface area contributed by atoms with E-state index in [0.29, 0.717) is 11.7 Å². The van der Waals surface area contributed by atoms with Crippen LogP contribution >= 0.6 is 11.3 Å². The predicted octanol–water partition coefficient (Wildman–Crippen LogP) is 0.427. The second-order valence-corrected chi connectivity index (χ2v) is 3.93. The van der Waals surface area contributed by atoms with E-state index in [0.717, 1.165) is 4.88 Å². The van der Waals surface area contributed by atoms with Crippen molar-refractivity contribution in [2.45, 2.75) is 13.0 Å². The van der Waals surface area contributed by atoms with Crippen LogP contribution in [0.15, 0.2) is 6.20 Å². The Bertz CT molecular complexity index is 419. The molecule has 0 aliphatic carbocycles. The Morgan fingerprint density at radius 2 is 2.56 bits per heavy atom. The lowest BCUT2D eigenvalue weighted by atomic mass is 10.4. The minimum absolute atomic E-state index is 0.227. The summed E-state index contributed by atoms with van der Waals surface area (Å²) in [6, 6.07) is 0. The van der Waals surface area contributed by atoms with Crippen molar-refractivity contribution < 1.29 is 9.53 Å². The van der Waals surface area contributed by atoms with Crippen LogP contribution in [0.3, 0.4) is 0 Å². The lowest BCUT2D eigenvalue weighted by Crippen LogP contribution is -2.26. The fraction of sp³-hybridized carbons (Fsp3) is 0.400. The standard InChI is InChI=1S/C10H13N3O2S/c1-7(15-2)9(14)13-10-12-6-8(16-10)4-3-5-11/h6-7H,5,11H2,1-2H3,(H,12,13,14). The van der Waals surface area contributed by atoms with Crippen molar-refractivity contribution in [2.24, 2.45) is 5.73 Å². The first kappa shape index (κ1) is 12.6. The lowest BCUT2D eigenvalue weighted by Gasteiger charge is -2.07. The summed E-state index contributed by atoms with van der Waals surface area (Å²) in [5.41, 5.74) is 5.25. The maximum Gasteiger partial charge on any atom is 0.254 e. The Hall–Kier alpha value is -1.42. The van der Waals surface area contributed by atoms with Gasteiger partial charge in [-0.25, -0.2) is 4.98 Å². The maximum absolute atomic E-state index is 11.4. The first-order valence-electron chi connectivity index (χ1n) is 4.65. The molecule has 0 saturated heterocycles. The van der Waals surface area contributed by atoms with E-state index in [9.17, 15) is 4.79 Å². The van der Waals surface area contributed by atoms with E-state index in [-0.39, 0.29) is 5.91 Å². The summed E-state index contributed by atoms with van der Waals surface area (Å²) in [6.45, 7) is 1.97. The summed E-state index contributed by atoms with van der Waals surface area (Å²) < 4.78 is 4.88. The molecule has 0 spiro atoms. The summed E-state index contributed by atoms with van der Waals surface area (Å²) in [5.74, 6) is 5.33. The third kappa shape index (κ3) is 3.62. The van der Waals surface area contributed by atoms with Crippen LogP contribution in [0.25, 0.3) is 0 Å². The number of hydrogen-bond acceptors (Lipinski definition) is 5. The number of carbonyl (C=O) groups excluding carboxylic acids is 1. The molecule has 1 rings (SSSR count). The van der Waals surface area contributed by atoms with E-state index in [1.165, 1.54) is 18.4 Å². The van der Waals surface area contributed by atoms with Crippen LogP contribution in [-0.2, 0) is 9.53 Å². The number of aromatic nitrogens is 1. The molecule has 5 nitrogen and oxygen atoms in total. The molecule has 0 aliphatic rings. The maximum atomic E-state index is 11.4. The minimum atomic E-state index is -0.498. The molecule has 0 aliphatic heterocycles. The van der Waals surface area contributed by atoms with Gasteiger partial charge in [0, 0.05) is 7.11 Å². The van der Waals surface area contributed by atoms with E-state index in [2.05, 4.69) is 22.1 Å². The average Bonchev–Trinajstić information content (AvgIpc) is 2.72. The van der Waals surface area contributed by atoms with Crippen LogP contribution in [0, 0.1) is 11.8 Å². The Morgan fingerprint density at radius 1 is 1.81 bits per heavy atom. The highest BCUT2D eigenvalue weighted by molar-refractivity contribution is 7.16. The zero-order valence-electron chi connectivity index (χ0n) is 9.11. The van der Waals surface area contributed by atoms with Gasteiger partial charge in [-0.05, 0) is 6.92 Å². The Balaban J connectivity index is 2.62. The number of nitrogens with one attached hydrogen (secondary N) is 1. The van der Waals surface area contributed by atoms with Crippen molar-refractivity contribution in [3.8, 4) is 11.8 Å². The van der Waals surface area contributed by atoms with Crippen LogP contribution in [0.2, 0.25) is 0 Å². The van der Waals surface area contributed by atoms with E-state index in [1.54, 1.807) is 13.1 Å². The summed E-state index contributed by atoms with van der Waals surface area (Å²) in [4.78, 5) is 16.2. The van der Waals surface area contributed by atoms with E-state index >= 15 is 0 Å². The van der Waals surface area contributed by atoms with Crippen molar-refractivity contribution in [3.63, 3.8) is 0 Å². The number of ether oxygens (including phenoxy) is 1. The van der Waals surface area contributed by atoms with Gasteiger partial charge in [-0.3, -0.25) is 10.1 Å². The van der Waals surface area contributed by atoms with E-state index < -0.39 is 6.10 Å². The molecule has 1 atom stereocenters. The van der Waals surface area contributed by atoms with Crippen molar-refractivity contribution in [1.29, 1.82) is 0 Å². The molecular weight excluding hydrogens is 226 g/mol. The van der Waals surface area contributed by atoms with Gasteiger partial charge in [-0.2, -0.15) is 0 Å². The van der Waals surface area contributed by atoms with Crippen LogP contribution in [-0.4, -0.2) is 30.6 Å². The SMILES string of the molecule is COC(C)C(=O)Nc1ncc(C#CCN)s1. The Kier molecular flexibility index (Phi) is 4.92. The van der Waals surface area contributed by atoms with Crippen molar-refractivity contribution in [1.82, 2.24) is 4.98 Å². The summed E-state index contributed by atoms with van der Waals surface area (Å²) in [7, 11) is 1.48. The summed E-state index contributed by atoms with van der Waals surface area (Å²) in [6.07, 6.45) is 1.10. The number of hydrogen-bond donors (Lipinski definition) is 2. The van der Waals surface area contributed by atoms with Crippen molar-refractivity contribution >= 4 is 22.4 Å². The number of rotatable bonds is 3. The highest BCUT2D eigenvalue weighted by Crippen LogP contribution is 2.17. The van der Waals surface area contributed by atoms with E-state index in [1.807, 2.05) is 0 Å². The van der Waals surface area contributed by atoms with Crippen LogP contribution < -0.4 is 11.1 Å². The third-order valence-corrected chi connectivity index (χ3v) is 2.60. The van der Waals surface area contributed by atoms with Gasteiger partial charge < -0.3 is 10.5 Å². The van der Waals surface area contributed by atoms with Gasteiger partial charge in [0.15, 0.2) is 5.13 Å². The fourth-order valence-corrected chi connectivity index (χ4v) is 1.54. The largest absolute Gasteiger partial charge is 0.372 e. The molecule has 0 aromatic carbocycles. The number of carbonyl (C=O) groups is 1. The Labute approximate surface area is 98.0 Å². The van der Waals surface area contributed by atoms with Crippen LogP contribution in [0.4, 0.5) is 5.13 Å². The van der Waals surface area contributed by atoms with E-state index in [4.69, 9.17) is 10.5 Å². The number of anilines is 1. The zero-order chi connectivity index (χ0) is 12.0. The molecule has 1 aromatic heterocycles. The molecular formula is C10H13N3O2S. The molecule has 3 N–H and O–H groups in total. The molecule has 0 fully saturated rings. The normalized spacial score (nSPS) is 11.4. The highest BCUT2D eigenvalue weighted by atomic mass is 32.1. The summed E-state index contributed by atoms with van der Waals surface area (Å²) >= 11 is 1.30. The van der Waals surface area contributed by atoms with Gasteiger partial charge in [-0.15, -0.1) is 0 Å². The van der Waals surface area contributed by atoms with Gasteiger partial charge in [0.05, 0.1) is 17.6 Å². The molecule has 1 aromatic rings. The zero-order valence-corrected chi connectivity index (χ0v) is 9.93. The smallest absolute Gasteiger partial charge is 0.254 e. The third-order valence-electron chi connectivity index (χ3n) is 1.77. The minimum Gasteiger partial charge on any atom is -0.372 e. The molecule has 1 amide bonds. The number of amides is 1. The number of nitrogens with zero attached hydrogens (tertiary/aromatic N) is 1. The predicted molar refractivity (Wildman–Crippen MR) is 63.1 cm³/mol. The van der Waals surface area contributed by atoms with Gasteiger partial charge in [-0.1, -0.05) is 23.2 Å². The topological polar surface area (TPSA) is 77.2 Å². The molecule has 16 heavy (non-hydrogen) atoms. The Morgan fingerprint density at radius 3 is 3.19 bits per heavy atom. The van der Waals surface area contributed by atoms with Gasteiger partial charge in [0.1, 0.15) is 6.10 Å². The molecule has 6 heteroatoms. The number of methoxy groups -OCH3 is 1. The number of thiazole rings is 1. The molecule has 0 radical (unpaired) electrons. The second kappa shape index (κ2) is 6.23. The van der Waals surface area contributed by atoms with Crippen molar-refractivity contribution in [3.05, 3.63) is 11.1 Å². The average molecular weight is 239 g/mol. The lowest BCUT2D eigenvalue weighted by molar-refractivity contribution is -0.124. The first-order chi connectivity index (χ1) is 7.67. The van der Waals surface area contributed by atoms with Crippen LogP contribution in [0.1, 0.15) is 11.8 Å². The number of nitrogens with two attached hydrogens (primary N) is 1. The van der Waals surface area contributed by atoms with Gasteiger partial charge in [0.25, 0.3) is 5.91 Å². The van der Waals surface area contributed by atoms with Gasteiger partial charge >= 0.3 is 0 Å². The monoisotopic (exact) mass is 239 g/mol. The summed E-state index contributed by atoms with van der Waals surface area (Å²) in [5, 5.41) is 3.14. The molecule has 1 heterocycles. The van der Waals surface area contributed by atoms with Crippen molar-refractivity contribution in [2.75, 3.05) is 19.0 Å². The first-order valence-corrected chi connectivity index (χ1v) is 5.47. The van der Waals surface area contributed by atoms with Gasteiger partial charge in [0.2, 0.25) is 0 Å².